The van der Waals surface area contributed by atoms with Crippen molar-refractivity contribution < 1.29 is 47.7 Å². The quantitative estimate of drug-likeness (QED) is 0.103. The molecule has 1 unspecified atom stereocenters. The van der Waals surface area contributed by atoms with E-state index in [2.05, 4.69) is 16.0 Å². The van der Waals surface area contributed by atoms with E-state index in [1.807, 2.05) is 0 Å². The van der Waals surface area contributed by atoms with Gasteiger partial charge >= 0.3 is 0 Å². The van der Waals surface area contributed by atoms with Crippen molar-refractivity contribution in [2.24, 2.45) is 0 Å². The number of ether oxygens (including phenoxy) is 4. The van der Waals surface area contributed by atoms with Gasteiger partial charge in [0, 0.05) is 38.1 Å². The number of nitrogens with zero attached hydrogens (tertiary/aromatic N) is 1. The van der Waals surface area contributed by atoms with Crippen LogP contribution in [-0.4, -0.2) is 119 Å². The van der Waals surface area contributed by atoms with E-state index in [0.29, 0.717) is 52.8 Å². The van der Waals surface area contributed by atoms with Crippen LogP contribution in [0.1, 0.15) is 26.7 Å². The van der Waals surface area contributed by atoms with Gasteiger partial charge in [0.2, 0.25) is 17.7 Å². The molecule has 0 radical (unpaired) electrons. The SMILES string of the molecule is CC(=O)CNC(=O)C(C)NC(=O)CCOCCOCCOCCOCCNC(=O)CCN1C(=O)C=CC1=O. The van der Waals surface area contributed by atoms with Crippen molar-refractivity contribution in [3.05, 3.63) is 12.2 Å². The molecule has 5 amide bonds. The van der Waals surface area contributed by atoms with Crippen molar-refractivity contribution in [1.29, 1.82) is 0 Å². The lowest BCUT2D eigenvalue weighted by atomic mass is 10.3. The normalized spacial score (nSPS) is 13.5. The Morgan fingerprint density at radius 3 is 1.84 bits per heavy atom. The highest BCUT2D eigenvalue weighted by Gasteiger charge is 2.23. The van der Waals surface area contributed by atoms with Gasteiger partial charge in [0.25, 0.3) is 11.8 Å². The van der Waals surface area contributed by atoms with Crippen molar-refractivity contribution in [2.45, 2.75) is 32.7 Å². The number of hydrogen-bond donors (Lipinski definition) is 3. The van der Waals surface area contributed by atoms with E-state index in [4.69, 9.17) is 18.9 Å². The van der Waals surface area contributed by atoms with E-state index in [1.165, 1.54) is 26.0 Å². The first-order valence-corrected chi connectivity index (χ1v) is 12.4. The van der Waals surface area contributed by atoms with Crippen molar-refractivity contribution in [2.75, 3.05) is 72.5 Å². The first-order valence-electron chi connectivity index (χ1n) is 12.4. The van der Waals surface area contributed by atoms with Gasteiger partial charge in [-0.25, -0.2) is 0 Å². The zero-order valence-corrected chi connectivity index (χ0v) is 22.0. The molecule has 0 saturated carbocycles. The third-order valence-electron chi connectivity index (χ3n) is 4.90. The average molecular weight is 543 g/mol. The predicted octanol–water partition coefficient (Wildman–Crippen LogP) is -1.92. The minimum absolute atomic E-state index is 0.0338. The summed E-state index contributed by atoms with van der Waals surface area (Å²) in [6, 6.07) is -0.743. The molecule has 0 aromatic rings. The fourth-order valence-electron chi connectivity index (χ4n) is 2.89. The predicted molar refractivity (Wildman–Crippen MR) is 133 cm³/mol. The van der Waals surface area contributed by atoms with Gasteiger partial charge in [0.1, 0.15) is 11.8 Å². The van der Waals surface area contributed by atoms with Gasteiger partial charge in [-0.1, -0.05) is 0 Å². The lowest BCUT2D eigenvalue weighted by molar-refractivity contribution is -0.137. The molecule has 1 atom stereocenters. The molecule has 0 fully saturated rings. The second-order valence-electron chi connectivity index (χ2n) is 8.17. The van der Waals surface area contributed by atoms with Crippen molar-refractivity contribution in [3.8, 4) is 0 Å². The van der Waals surface area contributed by atoms with Gasteiger partial charge in [-0.15, -0.1) is 0 Å². The van der Waals surface area contributed by atoms with Crippen molar-refractivity contribution in [1.82, 2.24) is 20.9 Å². The van der Waals surface area contributed by atoms with Crippen molar-refractivity contribution >= 4 is 35.3 Å². The Balaban J connectivity index is 1.83. The fourth-order valence-corrected chi connectivity index (χ4v) is 2.89. The maximum atomic E-state index is 11.8. The van der Waals surface area contributed by atoms with E-state index in [-0.39, 0.29) is 50.1 Å². The molecular weight excluding hydrogens is 504 g/mol. The molecular formula is C24H38N4O10. The number of amides is 5. The summed E-state index contributed by atoms with van der Waals surface area (Å²) < 4.78 is 21.4. The molecule has 1 aliphatic rings. The Morgan fingerprint density at radius 2 is 1.29 bits per heavy atom. The minimum atomic E-state index is -0.743. The lowest BCUT2D eigenvalue weighted by Gasteiger charge is -2.13. The van der Waals surface area contributed by atoms with Crippen LogP contribution in [0.15, 0.2) is 12.2 Å². The molecule has 0 aliphatic carbocycles. The van der Waals surface area contributed by atoms with Gasteiger partial charge in [-0.05, 0) is 13.8 Å². The highest BCUT2D eigenvalue weighted by molar-refractivity contribution is 6.13. The van der Waals surface area contributed by atoms with Crippen LogP contribution in [-0.2, 0) is 47.7 Å². The topological polar surface area (TPSA) is 179 Å². The summed E-state index contributed by atoms with van der Waals surface area (Å²) in [4.78, 5) is 69.9. The summed E-state index contributed by atoms with van der Waals surface area (Å²) in [5, 5.41) is 7.60. The molecule has 14 heteroatoms. The number of rotatable bonds is 22. The molecule has 1 aliphatic heterocycles. The second-order valence-corrected chi connectivity index (χ2v) is 8.17. The van der Waals surface area contributed by atoms with Crippen LogP contribution in [0.2, 0.25) is 0 Å². The molecule has 14 nitrogen and oxygen atoms in total. The van der Waals surface area contributed by atoms with E-state index in [1.54, 1.807) is 0 Å². The minimum Gasteiger partial charge on any atom is -0.379 e. The Kier molecular flexibility index (Phi) is 17.1. The van der Waals surface area contributed by atoms with Crippen LogP contribution in [0.3, 0.4) is 0 Å². The van der Waals surface area contributed by atoms with E-state index < -0.39 is 23.8 Å². The lowest BCUT2D eigenvalue weighted by Crippen LogP contribution is -2.46. The molecule has 1 heterocycles. The summed E-state index contributed by atoms with van der Waals surface area (Å²) in [5.41, 5.74) is 0. The van der Waals surface area contributed by atoms with Crippen LogP contribution >= 0.6 is 0 Å². The zero-order chi connectivity index (χ0) is 28.2. The van der Waals surface area contributed by atoms with Crippen LogP contribution in [0.4, 0.5) is 0 Å². The number of ketones is 1. The van der Waals surface area contributed by atoms with Crippen LogP contribution in [0.25, 0.3) is 0 Å². The van der Waals surface area contributed by atoms with E-state index in [9.17, 15) is 28.8 Å². The summed E-state index contributed by atoms with van der Waals surface area (Å²) in [7, 11) is 0. The van der Waals surface area contributed by atoms with Gasteiger partial charge in [-0.3, -0.25) is 33.7 Å². The Labute approximate surface area is 221 Å². The van der Waals surface area contributed by atoms with E-state index >= 15 is 0 Å². The van der Waals surface area contributed by atoms with Crippen LogP contribution in [0, 0.1) is 0 Å². The molecule has 0 aromatic carbocycles. The smallest absolute Gasteiger partial charge is 0.253 e. The molecule has 0 saturated heterocycles. The number of carbonyl (C=O) groups excluding carboxylic acids is 6. The van der Waals surface area contributed by atoms with Gasteiger partial charge in [0.15, 0.2) is 0 Å². The second kappa shape index (κ2) is 19.9. The number of Topliss-reactive ketones (excluding diaryl/α,β-unsaturated/α-hetero) is 1. The average Bonchev–Trinajstić information content (AvgIpc) is 3.20. The fraction of sp³-hybridized carbons (Fsp3) is 0.667. The molecule has 0 spiro atoms. The third-order valence-corrected chi connectivity index (χ3v) is 4.90. The molecule has 38 heavy (non-hydrogen) atoms. The first kappa shape index (κ1) is 32.8. The third kappa shape index (κ3) is 15.8. The number of hydrogen-bond acceptors (Lipinski definition) is 10. The maximum absolute atomic E-state index is 11.8. The summed E-state index contributed by atoms with van der Waals surface area (Å²) in [6.45, 7) is 5.73. The maximum Gasteiger partial charge on any atom is 0.253 e. The number of nitrogens with one attached hydrogen (secondary N) is 3. The summed E-state index contributed by atoms with van der Waals surface area (Å²) in [6.07, 6.45) is 2.48. The molecule has 214 valence electrons. The molecule has 0 aromatic heterocycles. The Hall–Kier alpha value is -3.20. The standard InChI is InChI=1S/C24H38N4O10/c1-18(29)17-26-24(34)19(2)27-21(31)6-9-35-11-13-37-15-16-38-14-12-36-10-7-25-20(30)5-8-28-22(32)3-4-23(28)33/h3-4,19H,5-17H2,1-2H3,(H,25,30)(H,26,34)(H,27,31). The molecule has 0 bridgehead atoms. The summed E-state index contributed by atoms with van der Waals surface area (Å²) in [5.74, 6) is -2.03. The number of carbonyl (C=O) groups is 6. The molecule has 3 N–H and O–H groups in total. The first-order chi connectivity index (χ1) is 18.2. The highest BCUT2D eigenvalue weighted by Crippen LogP contribution is 2.03. The summed E-state index contributed by atoms with van der Waals surface area (Å²) >= 11 is 0. The number of imide groups is 1. The van der Waals surface area contributed by atoms with Gasteiger partial charge in [-0.2, -0.15) is 0 Å². The Morgan fingerprint density at radius 1 is 0.763 bits per heavy atom. The van der Waals surface area contributed by atoms with Crippen LogP contribution < -0.4 is 16.0 Å². The zero-order valence-electron chi connectivity index (χ0n) is 22.0. The van der Waals surface area contributed by atoms with Gasteiger partial charge in [0.05, 0.1) is 59.4 Å². The Bertz CT molecular complexity index is 815. The van der Waals surface area contributed by atoms with E-state index in [0.717, 1.165) is 4.90 Å². The van der Waals surface area contributed by atoms with Gasteiger partial charge < -0.3 is 34.9 Å². The largest absolute Gasteiger partial charge is 0.379 e. The molecule has 1 rings (SSSR count). The highest BCUT2D eigenvalue weighted by atomic mass is 16.6. The van der Waals surface area contributed by atoms with Crippen LogP contribution in [0.5, 0.6) is 0 Å². The monoisotopic (exact) mass is 542 g/mol. The van der Waals surface area contributed by atoms with Crippen molar-refractivity contribution in [3.63, 3.8) is 0 Å².